The summed E-state index contributed by atoms with van der Waals surface area (Å²) in [6.07, 6.45) is 4.11. The molecule has 1 N–H and O–H groups in total. The number of halogens is 1. The number of hydrogen-bond acceptors (Lipinski definition) is 0. The number of H-pyrrole nitrogens is 1. The largest absolute Gasteiger partial charge is 0.367 e. The zero-order chi connectivity index (χ0) is 9.14. The SMILES string of the molecule is C=C[C@@H](F)C(C)c1c[nH]cc1C. The van der Waals surface area contributed by atoms with E-state index in [9.17, 15) is 4.39 Å². The van der Waals surface area contributed by atoms with E-state index in [0.29, 0.717) is 0 Å². The number of rotatable bonds is 3. The predicted molar refractivity (Wildman–Crippen MR) is 49.0 cm³/mol. The highest BCUT2D eigenvalue weighted by atomic mass is 19.1. The lowest BCUT2D eigenvalue weighted by molar-refractivity contribution is 0.353. The summed E-state index contributed by atoms with van der Waals surface area (Å²) in [5.41, 5.74) is 2.13. The third-order valence-corrected chi connectivity index (χ3v) is 2.19. The Morgan fingerprint density at radius 2 is 2.25 bits per heavy atom. The summed E-state index contributed by atoms with van der Waals surface area (Å²) in [6, 6.07) is 0. The first-order valence-electron chi connectivity index (χ1n) is 4.06. The van der Waals surface area contributed by atoms with Crippen molar-refractivity contribution in [3.8, 4) is 0 Å². The molecule has 0 amide bonds. The number of allylic oxidation sites excluding steroid dienone is 1. The van der Waals surface area contributed by atoms with Crippen LogP contribution in [-0.4, -0.2) is 11.2 Å². The maximum atomic E-state index is 13.1. The van der Waals surface area contributed by atoms with Crippen molar-refractivity contribution in [2.75, 3.05) is 0 Å². The van der Waals surface area contributed by atoms with Crippen molar-refractivity contribution < 1.29 is 4.39 Å². The smallest absolute Gasteiger partial charge is 0.125 e. The fourth-order valence-corrected chi connectivity index (χ4v) is 1.32. The molecule has 0 saturated carbocycles. The zero-order valence-electron chi connectivity index (χ0n) is 7.47. The number of aromatic nitrogens is 1. The third kappa shape index (κ3) is 1.58. The molecule has 1 aromatic rings. The minimum atomic E-state index is -0.959. The molecule has 0 aliphatic heterocycles. The number of aryl methyl sites for hydroxylation is 1. The first-order valence-corrected chi connectivity index (χ1v) is 4.06. The fraction of sp³-hybridized carbons (Fsp3) is 0.400. The van der Waals surface area contributed by atoms with E-state index in [2.05, 4.69) is 11.6 Å². The summed E-state index contributed by atoms with van der Waals surface area (Å²) in [7, 11) is 0. The van der Waals surface area contributed by atoms with Gasteiger partial charge in [0, 0.05) is 18.3 Å². The quantitative estimate of drug-likeness (QED) is 0.666. The number of alkyl halides is 1. The number of nitrogens with one attached hydrogen (secondary N) is 1. The third-order valence-electron chi connectivity index (χ3n) is 2.19. The van der Waals surface area contributed by atoms with Gasteiger partial charge in [0.25, 0.3) is 0 Å². The van der Waals surface area contributed by atoms with Gasteiger partial charge in [-0.05, 0) is 18.1 Å². The summed E-state index contributed by atoms with van der Waals surface area (Å²) in [5, 5.41) is 0. The molecular weight excluding hydrogens is 153 g/mol. The van der Waals surface area contributed by atoms with Crippen LogP contribution < -0.4 is 0 Å². The summed E-state index contributed by atoms with van der Waals surface area (Å²) < 4.78 is 13.1. The number of hydrogen-bond donors (Lipinski definition) is 1. The normalized spacial score (nSPS) is 15.6. The van der Waals surface area contributed by atoms with Gasteiger partial charge in [-0.3, -0.25) is 0 Å². The van der Waals surface area contributed by atoms with Gasteiger partial charge in [-0.25, -0.2) is 4.39 Å². The van der Waals surface area contributed by atoms with Crippen molar-refractivity contribution in [1.29, 1.82) is 0 Å². The monoisotopic (exact) mass is 167 g/mol. The second-order valence-corrected chi connectivity index (χ2v) is 3.06. The Balaban J connectivity index is 2.84. The van der Waals surface area contributed by atoms with Crippen LogP contribution in [0.3, 0.4) is 0 Å². The summed E-state index contributed by atoms with van der Waals surface area (Å²) in [6.45, 7) is 7.27. The van der Waals surface area contributed by atoms with Crippen molar-refractivity contribution in [3.05, 3.63) is 36.2 Å². The van der Waals surface area contributed by atoms with Crippen LogP contribution in [0.4, 0.5) is 4.39 Å². The Morgan fingerprint density at radius 1 is 1.58 bits per heavy atom. The van der Waals surface area contributed by atoms with Gasteiger partial charge < -0.3 is 4.98 Å². The maximum absolute atomic E-state index is 13.1. The molecule has 0 radical (unpaired) electrons. The molecule has 66 valence electrons. The van der Waals surface area contributed by atoms with Crippen LogP contribution in [0.25, 0.3) is 0 Å². The highest BCUT2D eigenvalue weighted by Crippen LogP contribution is 2.24. The molecule has 0 spiro atoms. The van der Waals surface area contributed by atoms with Gasteiger partial charge in [0.05, 0.1) is 0 Å². The van der Waals surface area contributed by atoms with Crippen LogP contribution in [0.15, 0.2) is 25.0 Å². The average molecular weight is 167 g/mol. The molecule has 0 bridgehead atoms. The van der Waals surface area contributed by atoms with Crippen molar-refractivity contribution >= 4 is 0 Å². The summed E-state index contributed by atoms with van der Waals surface area (Å²) >= 11 is 0. The van der Waals surface area contributed by atoms with Gasteiger partial charge in [0.1, 0.15) is 6.17 Å². The van der Waals surface area contributed by atoms with E-state index in [-0.39, 0.29) is 5.92 Å². The van der Waals surface area contributed by atoms with Crippen LogP contribution >= 0.6 is 0 Å². The van der Waals surface area contributed by atoms with E-state index in [4.69, 9.17) is 0 Å². The molecule has 1 heterocycles. The Kier molecular flexibility index (Phi) is 2.69. The lowest BCUT2D eigenvalue weighted by Crippen LogP contribution is -2.07. The lowest BCUT2D eigenvalue weighted by atomic mass is 9.96. The summed E-state index contributed by atoms with van der Waals surface area (Å²) in [5.74, 6) is -0.103. The molecule has 0 aliphatic rings. The molecule has 1 rings (SSSR count). The van der Waals surface area contributed by atoms with Gasteiger partial charge in [-0.15, -0.1) is 6.58 Å². The molecule has 1 unspecified atom stereocenters. The van der Waals surface area contributed by atoms with Gasteiger partial charge in [-0.1, -0.05) is 13.0 Å². The second-order valence-electron chi connectivity index (χ2n) is 3.06. The second kappa shape index (κ2) is 3.57. The van der Waals surface area contributed by atoms with E-state index >= 15 is 0 Å². The molecule has 2 atom stereocenters. The minimum absolute atomic E-state index is 0.103. The van der Waals surface area contributed by atoms with Crippen molar-refractivity contribution in [2.45, 2.75) is 25.9 Å². The Labute approximate surface area is 72.3 Å². The molecule has 0 saturated heterocycles. The van der Waals surface area contributed by atoms with Crippen molar-refractivity contribution in [1.82, 2.24) is 4.98 Å². The number of aromatic amines is 1. The molecule has 1 nitrogen and oxygen atoms in total. The molecular formula is C10H14FN. The zero-order valence-corrected chi connectivity index (χ0v) is 7.47. The van der Waals surface area contributed by atoms with Crippen molar-refractivity contribution in [3.63, 3.8) is 0 Å². The average Bonchev–Trinajstić information content (AvgIpc) is 2.48. The van der Waals surface area contributed by atoms with E-state index in [1.54, 1.807) is 0 Å². The van der Waals surface area contributed by atoms with Crippen LogP contribution in [0, 0.1) is 6.92 Å². The Bertz CT molecular complexity index is 265. The predicted octanol–water partition coefficient (Wildman–Crippen LogP) is 2.95. The van der Waals surface area contributed by atoms with Crippen LogP contribution in [0.1, 0.15) is 24.0 Å². The molecule has 2 heteroatoms. The standard InChI is InChI=1S/C10H14FN/c1-4-10(11)8(3)9-6-12-5-7(9)2/h4-6,8,10,12H,1H2,2-3H3/t8?,10-/m1/s1. The highest BCUT2D eigenvalue weighted by molar-refractivity contribution is 5.27. The molecule has 12 heavy (non-hydrogen) atoms. The molecule has 1 aromatic heterocycles. The van der Waals surface area contributed by atoms with Crippen LogP contribution in [0.2, 0.25) is 0 Å². The minimum Gasteiger partial charge on any atom is -0.367 e. The molecule has 0 fully saturated rings. The van der Waals surface area contributed by atoms with Gasteiger partial charge in [0.2, 0.25) is 0 Å². The van der Waals surface area contributed by atoms with Gasteiger partial charge in [0.15, 0.2) is 0 Å². The Hall–Kier alpha value is -1.05. The highest BCUT2D eigenvalue weighted by Gasteiger charge is 2.16. The first kappa shape index (κ1) is 9.04. The first-order chi connectivity index (χ1) is 5.66. The topological polar surface area (TPSA) is 15.8 Å². The Morgan fingerprint density at radius 3 is 2.67 bits per heavy atom. The lowest BCUT2D eigenvalue weighted by Gasteiger charge is -2.12. The van der Waals surface area contributed by atoms with Gasteiger partial charge in [-0.2, -0.15) is 0 Å². The maximum Gasteiger partial charge on any atom is 0.125 e. The van der Waals surface area contributed by atoms with E-state index < -0.39 is 6.17 Å². The molecule has 0 aliphatic carbocycles. The summed E-state index contributed by atoms with van der Waals surface area (Å²) in [4.78, 5) is 2.96. The van der Waals surface area contributed by atoms with E-state index in [0.717, 1.165) is 11.1 Å². The molecule has 0 aromatic carbocycles. The van der Waals surface area contributed by atoms with Crippen LogP contribution in [0.5, 0.6) is 0 Å². The van der Waals surface area contributed by atoms with Crippen LogP contribution in [-0.2, 0) is 0 Å². The van der Waals surface area contributed by atoms with Crippen molar-refractivity contribution in [2.24, 2.45) is 0 Å². The fourth-order valence-electron chi connectivity index (χ4n) is 1.32. The van der Waals surface area contributed by atoms with Gasteiger partial charge >= 0.3 is 0 Å². The van der Waals surface area contributed by atoms with E-state index in [1.165, 1.54) is 6.08 Å². The van der Waals surface area contributed by atoms with E-state index in [1.807, 2.05) is 26.2 Å².